The maximum absolute atomic E-state index is 9.74. The van der Waals surface area contributed by atoms with E-state index in [1.807, 2.05) is 70.6 Å². The summed E-state index contributed by atoms with van der Waals surface area (Å²) in [5.74, 6) is 0.712. The Morgan fingerprint density at radius 3 is 2.70 bits per heavy atom. The standard InChI is InChI=1S/C24H26N4OS/c1-6-10-28(5)15-26-21-12-18(4)22(13-17(21)3)29-24-20(14-25)23(27-30-24)19-9-7-8-16(2)11-19/h7-9,11-13,15H,6,10H2,1-5H3/b26-15-. The van der Waals surface area contributed by atoms with Crippen molar-refractivity contribution in [2.75, 3.05) is 13.6 Å². The molecule has 3 aromatic rings. The van der Waals surface area contributed by atoms with Crippen molar-refractivity contribution in [3.05, 3.63) is 58.7 Å². The van der Waals surface area contributed by atoms with Crippen LogP contribution in [0.2, 0.25) is 0 Å². The number of rotatable bonds is 7. The average Bonchev–Trinajstić information content (AvgIpc) is 3.12. The summed E-state index contributed by atoms with van der Waals surface area (Å²) in [5.41, 5.74) is 6.05. The molecule has 0 aliphatic heterocycles. The van der Waals surface area contributed by atoms with Crippen molar-refractivity contribution in [2.45, 2.75) is 34.1 Å². The fraction of sp³-hybridized carbons (Fsp3) is 0.292. The van der Waals surface area contributed by atoms with E-state index >= 15 is 0 Å². The van der Waals surface area contributed by atoms with E-state index in [0.717, 1.165) is 40.9 Å². The third-order valence-electron chi connectivity index (χ3n) is 4.73. The van der Waals surface area contributed by atoms with Gasteiger partial charge in [0.1, 0.15) is 23.1 Å². The van der Waals surface area contributed by atoms with Gasteiger partial charge in [-0.05, 0) is 56.5 Å². The highest BCUT2D eigenvalue weighted by molar-refractivity contribution is 7.08. The molecule has 30 heavy (non-hydrogen) atoms. The third kappa shape index (κ3) is 4.87. The van der Waals surface area contributed by atoms with E-state index in [2.05, 4.69) is 27.3 Å². The summed E-state index contributed by atoms with van der Waals surface area (Å²) < 4.78 is 10.6. The molecule has 0 atom stereocenters. The number of hydrogen-bond donors (Lipinski definition) is 0. The SMILES string of the molecule is CCCN(C)/C=N\c1cc(C)c(Oc2snc(-c3cccc(C)c3)c2C#N)cc1C. The van der Waals surface area contributed by atoms with Crippen LogP contribution < -0.4 is 4.74 Å². The molecule has 0 N–H and O–H groups in total. The number of benzene rings is 2. The van der Waals surface area contributed by atoms with Crippen LogP contribution in [0.15, 0.2) is 41.4 Å². The monoisotopic (exact) mass is 418 g/mol. The Labute approximate surface area is 182 Å². The predicted octanol–water partition coefficient (Wildman–Crippen LogP) is 6.40. The minimum absolute atomic E-state index is 0.464. The van der Waals surface area contributed by atoms with Crippen LogP contribution in [0.5, 0.6) is 10.8 Å². The molecule has 0 fully saturated rings. The largest absolute Gasteiger partial charge is 0.443 e. The zero-order valence-corrected chi connectivity index (χ0v) is 18.9. The molecule has 6 heteroatoms. The Hall–Kier alpha value is -3.17. The van der Waals surface area contributed by atoms with Gasteiger partial charge in [-0.15, -0.1) is 0 Å². The van der Waals surface area contributed by atoms with Crippen LogP contribution in [0.4, 0.5) is 5.69 Å². The Morgan fingerprint density at radius 2 is 2.00 bits per heavy atom. The van der Waals surface area contributed by atoms with E-state index in [9.17, 15) is 5.26 Å². The van der Waals surface area contributed by atoms with Crippen molar-refractivity contribution in [1.82, 2.24) is 9.27 Å². The van der Waals surface area contributed by atoms with Gasteiger partial charge in [-0.2, -0.15) is 9.64 Å². The zero-order valence-electron chi connectivity index (χ0n) is 18.1. The van der Waals surface area contributed by atoms with Gasteiger partial charge in [0.2, 0.25) is 5.06 Å². The molecular weight excluding hydrogens is 392 g/mol. The normalized spacial score (nSPS) is 10.9. The number of nitrogens with zero attached hydrogens (tertiary/aromatic N) is 4. The second-order valence-corrected chi connectivity index (χ2v) is 8.14. The number of nitriles is 1. The van der Waals surface area contributed by atoms with Crippen molar-refractivity contribution in [2.24, 2.45) is 4.99 Å². The van der Waals surface area contributed by atoms with Crippen LogP contribution in [0.25, 0.3) is 11.3 Å². The summed E-state index contributed by atoms with van der Waals surface area (Å²) in [6.45, 7) is 9.13. The van der Waals surface area contributed by atoms with Gasteiger partial charge < -0.3 is 9.64 Å². The molecule has 0 saturated carbocycles. The molecule has 5 nitrogen and oxygen atoms in total. The van der Waals surface area contributed by atoms with E-state index < -0.39 is 0 Å². The molecule has 1 heterocycles. The molecule has 0 unspecified atom stereocenters. The maximum Gasteiger partial charge on any atom is 0.218 e. The molecule has 0 amide bonds. The number of aliphatic imine (C=N–C) groups is 1. The first-order chi connectivity index (χ1) is 14.4. The number of hydrogen-bond acceptors (Lipinski definition) is 5. The summed E-state index contributed by atoms with van der Waals surface area (Å²) in [5, 5.41) is 10.3. The second-order valence-electron chi connectivity index (χ2n) is 7.41. The molecule has 2 aromatic carbocycles. The molecule has 0 aliphatic rings. The highest BCUT2D eigenvalue weighted by Crippen LogP contribution is 2.38. The molecule has 154 valence electrons. The fourth-order valence-electron chi connectivity index (χ4n) is 3.13. The van der Waals surface area contributed by atoms with Crippen molar-refractivity contribution in [3.8, 4) is 28.1 Å². The van der Waals surface area contributed by atoms with E-state index in [0.29, 0.717) is 22.1 Å². The van der Waals surface area contributed by atoms with E-state index in [4.69, 9.17) is 4.74 Å². The van der Waals surface area contributed by atoms with Crippen LogP contribution in [0, 0.1) is 32.1 Å². The molecule has 0 radical (unpaired) electrons. The first-order valence-electron chi connectivity index (χ1n) is 9.93. The minimum atomic E-state index is 0.464. The lowest BCUT2D eigenvalue weighted by atomic mass is 10.1. The summed E-state index contributed by atoms with van der Waals surface area (Å²) in [6, 6.07) is 14.2. The first kappa shape index (κ1) is 21.5. The Morgan fingerprint density at radius 1 is 1.20 bits per heavy atom. The molecule has 0 saturated heterocycles. The predicted molar refractivity (Wildman–Crippen MR) is 124 cm³/mol. The van der Waals surface area contributed by atoms with Gasteiger partial charge >= 0.3 is 0 Å². The second kappa shape index (κ2) is 9.55. The molecule has 0 aliphatic carbocycles. The lowest BCUT2D eigenvalue weighted by Gasteiger charge is -2.13. The van der Waals surface area contributed by atoms with Crippen LogP contribution >= 0.6 is 11.5 Å². The summed E-state index contributed by atoms with van der Waals surface area (Å²) in [4.78, 5) is 6.67. The summed E-state index contributed by atoms with van der Waals surface area (Å²) in [7, 11) is 2.02. The lowest BCUT2D eigenvalue weighted by Crippen LogP contribution is -2.16. The Balaban J connectivity index is 1.88. The maximum atomic E-state index is 9.74. The highest BCUT2D eigenvalue weighted by atomic mass is 32.1. The quantitative estimate of drug-likeness (QED) is 0.329. The van der Waals surface area contributed by atoms with E-state index in [1.165, 1.54) is 11.5 Å². The lowest BCUT2D eigenvalue weighted by molar-refractivity contribution is 0.491. The third-order valence-corrected chi connectivity index (χ3v) is 5.46. The van der Waals surface area contributed by atoms with Gasteiger partial charge in [-0.1, -0.05) is 30.7 Å². The molecular formula is C24H26N4OS. The number of ether oxygens (including phenoxy) is 1. The van der Waals surface area contributed by atoms with Crippen molar-refractivity contribution in [3.63, 3.8) is 0 Å². The van der Waals surface area contributed by atoms with Gasteiger partial charge in [0.15, 0.2) is 0 Å². The van der Waals surface area contributed by atoms with Crippen LogP contribution in [0.1, 0.15) is 35.6 Å². The van der Waals surface area contributed by atoms with Crippen molar-refractivity contribution in [1.29, 1.82) is 5.26 Å². The highest BCUT2D eigenvalue weighted by Gasteiger charge is 2.18. The molecule has 1 aromatic heterocycles. The number of aryl methyl sites for hydroxylation is 3. The van der Waals surface area contributed by atoms with Crippen LogP contribution in [0.3, 0.4) is 0 Å². The first-order valence-corrected chi connectivity index (χ1v) is 10.7. The molecule has 3 rings (SSSR count). The van der Waals surface area contributed by atoms with E-state index in [1.54, 1.807) is 0 Å². The minimum Gasteiger partial charge on any atom is -0.443 e. The van der Waals surface area contributed by atoms with Gasteiger partial charge in [-0.3, -0.25) is 0 Å². The average molecular weight is 419 g/mol. The van der Waals surface area contributed by atoms with Crippen molar-refractivity contribution >= 4 is 23.6 Å². The Kier molecular flexibility index (Phi) is 6.86. The van der Waals surface area contributed by atoms with Gasteiger partial charge in [-0.25, -0.2) is 4.99 Å². The van der Waals surface area contributed by atoms with Crippen LogP contribution in [-0.4, -0.2) is 29.2 Å². The summed E-state index contributed by atoms with van der Waals surface area (Å²) in [6.07, 6.45) is 2.94. The zero-order chi connectivity index (χ0) is 21.7. The van der Waals surface area contributed by atoms with Gasteiger partial charge in [0.05, 0.1) is 12.0 Å². The van der Waals surface area contributed by atoms with Crippen LogP contribution in [-0.2, 0) is 0 Å². The van der Waals surface area contributed by atoms with Gasteiger partial charge in [0.25, 0.3) is 0 Å². The molecule has 0 spiro atoms. The van der Waals surface area contributed by atoms with E-state index in [-0.39, 0.29) is 0 Å². The number of aromatic nitrogens is 1. The van der Waals surface area contributed by atoms with Crippen molar-refractivity contribution < 1.29 is 4.74 Å². The fourth-order valence-corrected chi connectivity index (χ4v) is 3.86. The summed E-state index contributed by atoms with van der Waals surface area (Å²) >= 11 is 1.20. The molecule has 0 bridgehead atoms. The Bertz CT molecular complexity index is 1110. The topological polar surface area (TPSA) is 61.5 Å². The smallest absolute Gasteiger partial charge is 0.218 e. The van der Waals surface area contributed by atoms with Gasteiger partial charge in [0, 0.05) is 30.7 Å².